The van der Waals surface area contributed by atoms with Gasteiger partial charge in [-0.15, -0.1) is 0 Å². The molecular weight excluding hydrogens is 222 g/mol. The van der Waals surface area contributed by atoms with E-state index in [4.69, 9.17) is 10.5 Å². The second-order valence-electron chi connectivity index (χ2n) is 5.72. The van der Waals surface area contributed by atoms with Gasteiger partial charge in [0.15, 0.2) is 0 Å². The molecule has 0 heterocycles. The van der Waals surface area contributed by atoms with Crippen molar-refractivity contribution >= 4 is 0 Å². The van der Waals surface area contributed by atoms with E-state index >= 15 is 0 Å². The molecule has 0 radical (unpaired) electrons. The molecule has 0 aliphatic heterocycles. The van der Waals surface area contributed by atoms with Crippen LogP contribution in [0, 0.1) is 5.92 Å². The van der Waals surface area contributed by atoms with E-state index in [1.165, 1.54) is 24.8 Å². The highest BCUT2D eigenvalue weighted by Gasteiger charge is 2.23. The Hall–Kier alpha value is -1.02. The highest BCUT2D eigenvalue weighted by Crippen LogP contribution is 2.27. The number of rotatable bonds is 5. The van der Waals surface area contributed by atoms with Crippen molar-refractivity contribution in [1.29, 1.82) is 0 Å². The minimum atomic E-state index is 0.399. The van der Waals surface area contributed by atoms with Crippen LogP contribution in [0.3, 0.4) is 0 Å². The van der Waals surface area contributed by atoms with Crippen LogP contribution in [-0.2, 0) is 0 Å². The fourth-order valence-electron chi connectivity index (χ4n) is 2.72. The first-order valence-electron chi connectivity index (χ1n) is 7.15. The fourth-order valence-corrected chi connectivity index (χ4v) is 2.72. The molecule has 2 N–H and O–H groups in total. The van der Waals surface area contributed by atoms with Crippen LogP contribution in [0.4, 0.5) is 0 Å². The minimum absolute atomic E-state index is 0.399. The van der Waals surface area contributed by atoms with E-state index in [9.17, 15) is 0 Å². The van der Waals surface area contributed by atoms with Crippen LogP contribution in [0.2, 0.25) is 0 Å². The first-order valence-corrected chi connectivity index (χ1v) is 7.15. The Labute approximate surface area is 111 Å². The number of benzene rings is 1. The third-order valence-electron chi connectivity index (χ3n) is 4.00. The van der Waals surface area contributed by atoms with Crippen molar-refractivity contribution in [3.05, 3.63) is 29.8 Å². The van der Waals surface area contributed by atoms with Crippen LogP contribution >= 0.6 is 0 Å². The molecule has 2 rings (SSSR count). The Morgan fingerprint density at radius 3 is 2.83 bits per heavy atom. The monoisotopic (exact) mass is 247 g/mol. The van der Waals surface area contributed by atoms with Crippen molar-refractivity contribution < 1.29 is 4.74 Å². The van der Waals surface area contributed by atoms with Crippen molar-refractivity contribution in [2.45, 2.75) is 51.5 Å². The summed E-state index contributed by atoms with van der Waals surface area (Å²) in [5.41, 5.74) is 7.40. The molecule has 0 bridgehead atoms. The third-order valence-corrected chi connectivity index (χ3v) is 4.00. The molecule has 1 saturated carbocycles. The summed E-state index contributed by atoms with van der Waals surface area (Å²) in [4.78, 5) is 0. The molecule has 1 aliphatic rings. The van der Waals surface area contributed by atoms with Gasteiger partial charge in [-0.2, -0.15) is 0 Å². The van der Waals surface area contributed by atoms with E-state index in [-0.39, 0.29) is 0 Å². The Bertz CT molecular complexity index is 375. The predicted molar refractivity (Wildman–Crippen MR) is 76.0 cm³/mol. The van der Waals surface area contributed by atoms with Crippen molar-refractivity contribution in [2.75, 3.05) is 6.61 Å². The van der Waals surface area contributed by atoms with Gasteiger partial charge in [0.1, 0.15) is 5.75 Å². The van der Waals surface area contributed by atoms with Crippen molar-refractivity contribution in [1.82, 2.24) is 0 Å². The molecule has 1 aromatic rings. The van der Waals surface area contributed by atoms with Gasteiger partial charge in [0.25, 0.3) is 0 Å². The molecule has 1 aliphatic carbocycles. The van der Waals surface area contributed by atoms with E-state index in [0.29, 0.717) is 17.9 Å². The summed E-state index contributed by atoms with van der Waals surface area (Å²) in [5.74, 6) is 2.21. The topological polar surface area (TPSA) is 35.2 Å². The molecule has 2 heteroatoms. The molecule has 0 saturated heterocycles. The van der Waals surface area contributed by atoms with Gasteiger partial charge in [0, 0.05) is 6.04 Å². The van der Waals surface area contributed by atoms with Gasteiger partial charge < -0.3 is 10.5 Å². The smallest absolute Gasteiger partial charge is 0.119 e. The lowest BCUT2D eigenvalue weighted by molar-refractivity contribution is 0.271. The Balaban J connectivity index is 1.81. The summed E-state index contributed by atoms with van der Waals surface area (Å²) in [6.45, 7) is 5.20. The molecule has 0 amide bonds. The maximum atomic E-state index is 6.07. The number of hydrogen-bond donors (Lipinski definition) is 1. The molecule has 2 unspecified atom stereocenters. The van der Waals surface area contributed by atoms with Crippen molar-refractivity contribution in [3.63, 3.8) is 0 Å². The lowest BCUT2D eigenvalue weighted by Gasteiger charge is -2.16. The Morgan fingerprint density at radius 1 is 1.33 bits per heavy atom. The first-order chi connectivity index (χ1) is 8.66. The first kappa shape index (κ1) is 13.4. The summed E-state index contributed by atoms with van der Waals surface area (Å²) in [6, 6.07) is 8.83. The zero-order valence-corrected chi connectivity index (χ0v) is 11.6. The summed E-state index contributed by atoms with van der Waals surface area (Å²) in [6.07, 6.45) is 4.84. The second-order valence-corrected chi connectivity index (χ2v) is 5.72. The molecule has 0 spiro atoms. The van der Waals surface area contributed by atoms with Crippen LogP contribution in [-0.4, -0.2) is 12.6 Å². The van der Waals surface area contributed by atoms with E-state index < -0.39 is 0 Å². The largest absolute Gasteiger partial charge is 0.494 e. The molecule has 2 nitrogen and oxygen atoms in total. The molecule has 0 aromatic heterocycles. The zero-order valence-electron chi connectivity index (χ0n) is 11.6. The molecular formula is C16H25NO. The average Bonchev–Trinajstić information content (AvgIpc) is 2.76. The van der Waals surface area contributed by atoms with E-state index in [2.05, 4.69) is 32.0 Å². The van der Waals surface area contributed by atoms with Crippen LogP contribution in [0.15, 0.2) is 24.3 Å². The molecule has 18 heavy (non-hydrogen) atoms. The lowest BCUT2D eigenvalue weighted by Crippen LogP contribution is -2.25. The van der Waals surface area contributed by atoms with E-state index in [1.807, 2.05) is 6.07 Å². The predicted octanol–water partition coefficient (Wildman–Crippen LogP) is 3.71. The van der Waals surface area contributed by atoms with E-state index in [1.54, 1.807) is 0 Å². The third kappa shape index (κ3) is 3.49. The molecule has 2 atom stereocenters. The Kier molecular flexibility index (Phi) is 4.65. The maximum Gasteiger partial charge on any atom is 0.119 e. The van der Waals surface area contributed by atoms with Gasteiger partial charge in [-0.1, -0.05) is 32.4 Å². The molecule has 1 fully saturated rings. The quantitative estimate of drug-likeness (QED) is 0.861. The number of nitrogens with two attached hydrogens (primary N) is 1. The van der Waals surface area contributed by atoms with Gasteiger partial charge in [-0.25, -0.2) is 0 Å². The number of ether oxygens (including phenoxy) is 1. The summed E-state index contributed by atoms with van der Waals surface area (Å²) in [7, 11) is 0. The lowest BCUT2D eigenvalue weighted by atomic mass is 10.0. The van der Waals surface area contributed by atoms with Crippen LogP contribution in [0.1, 0.15) is 51.0 Å². The van der Waals surface area contributed by atoms with E-state index in [0.717, 1.165) is 18.8 Å². The minimum Gasteiger partial charge on any atom is -0.494 e. The summed E-state index contributed by atoms with van der Waals surface area (Å²) < 4.78 is 5.85. The normalized spacial score (nSPS) is 23.6. The zero-order chi connectivity index (χ0) is 13.0. The van der Waals surface area contributed by atoms with Gasteiger partial charge in [-0.05, 0) is 48.8 Å². The van der Waals surface area contributed by atoms with Gasteiger partial charge >= 0.3 is 0 Å². The maximum absolute atomic E-state index is 6.07. The van der Waals surface area contributed by atoms with Crippen LogP contribution in [0.5, 0.6) is 5.75 Å². The standard InChI is InChI=1S/C16H25NO/c1-12(2)14-6-3-7-15(11-14)18-10-9-13-5-4-8-16(13)17/h3,6-7,11-13,16H,4-5,8-10,17H2,1-2H3. The second kappa shape index (κ2) is 6.24. The Morgan fingerprint density at radius 2 is 2.17 bits per heavy atom. The van der Waals surface area contributed by atoms with Crippen LogP contribution in [0.25, 0.3) is 0 Å². The van der Waals surface area contributed by atoms with Gasteiger partial charge in [0.05, 0.1) is 6.61 Å². The summed E-state index contributed by atoms with van der Waals surface area (Å²) >= 11 is 0. The van der Waals surface area contributed by atoms with Crippen LogP contribution < -0.4 is 10.5 Å². The van der Waals surface area contributed by atoms with Gasteiger partial charge in [0.2, 0.25) is 0 Å². The van der Waals surface area contributed by atoms with Crippen molar-refractivity contribution in [3.8, 4) is 5.75 Å². The summed E-state index contributed by atoms with van der Waals surface area (Å²) in [5, 5.41) is 0. The van der Waals surface area contributed by atoms with Crippen molar-refractivity contribution in [2.24, 2.45) is 11.7 Å². The number of hydrogen-bond acceptors (Lipinski definition) is 2. The highest BCUT2D eigenvalue weighted by molar-refractivity contribution is 5.30. The fraction of sp³-hybridized carbons (Fsp3) is 0.625. The molecule has 1 aromatic carbocycles. The SMILES string of the molecule is CC(C)c1cccc(OCCC2CCCC2N)c1. The molecule has 100 valence electrons. The average molecular weight is 247 g/mol. The van der Waals surface area contributed by atoms with Gasteiger partial charge in [-0.3, -0.25) is 0 Å². The highest BCUT2D eigenvalue weighted by atomic mass is 16.5.